The standard InChI is InChI=1S/C5H8FNO/c6-4-1-2-5(8)7-3-4/h4H,1-3H2,(H,7,8)/t4-/m1/s1. The summed E-state index contributed by atoms with van der Waals surface area (Å²) in [6.45, 7) is 0.207. The average Bonchev–Trinajstić information content (AvgIpc) is 1.77. The van der Waals surface area contributed by atoms with Gasteiger partial charge in [-0.2, -0.15) is 0 Å². The molecule has 0 radical (unpaired) electrons. The Hall–Kier alpha value is -0.600. The molecule has 1 aliphatic heterocycles. The van der Waals surface area contributed by atoms with Gasteiger partial charge in [-0.05, 0) is 6.42 Å². The van der Waals surface area contributed by atoms with E-state index in [1.807, 2.05) is 0 Å². The third-order valence-electron chi connectivity index (χ3n) is 1.21. The summed E-state index contributed by atoms with van der Waals surface area (Å²) in [5.74, 6) is -0.0288. The maximum atomic E-state index is 12.1. The molecular formula is C5H8FNO. The maximum absolute atomic E-state index is 12.1. The fourth-order valence-corrected chi connectivity index (χ4v) is 0.703. The molecule has 0 aromatic rings. The van der Waals surface area contributed by atoms with Crippen LogP contribution in [0.15, 0.2) is 0 Å². The molecule has 46 valence electrons. The molecule has 0 bridgehead atoms. The molecule has 1 amide bonds. The highest BCUT2D eigenvalue weighted by molar-refractivity contribution is 5.76. The van der Waals surface area contributed by atoms with Crippen LogP contribution in [0, 0.1) is 0 Å². The largest absolute Gasteiger partial charge is 0.353 e. The number of rotatable bonds is 0. The summed E-state index contributed by atoms with van der Waals surface area (Å²) in [6, 6.07) is 0. The van der Waals surface area contributed by atoms with Crippen LogP contribution >= 0.6 is 0 Å². The van der Waals surface area contributed by atoms with E-state index in [1.54, 1.807) is 0 Å². The van der Waals surface area contributed by atoms with Gasteiger partial charge in [-0.3, -0.25) is 4.79 Å². The second kappa shape index (κ2) is 2.11. The molecule has 1 heterocycles. The molecule has 1 N–H and O–H groups in total. The summed E-state index contributed by atoms with van der Waals surface area (Å²) in [5, 5.41) is 2.42. The lowest BCUT2D eigenvalue weighted by molar-refractivity contribution is -0.123. The zero-order chi connectivity index (χ0) is 5.98. The Morgan fingerprint density at radius 2 is 2.50 bits per heavy atom. The normalized spacial score (nSPS) is 29.6. The van der Waals surface area contributed by atoms with Gasteiger partial charge in [0.15, 0.2) is 0 Å². The molecule has 0 aromatic heterocycles. The van der Waals surface area contributed by atoms with Crippen molar-refractivity contribution >= 4 is 5.91 Å². The zero-order valence-corrected chi connectivity index (χ0v) is 4.48. The van der Waals surface area contributed by atoms with Crippen LogP contribution in [0.5, 0.6) is 0 Å². The Morgan fingerprint density at radius 1 is 1.75 bits per heavy atom. The van der Waals surface area contributed by atoms with Crippen molar-refractivity contribution in [2.24, 2.45) is 0 Å². The molecule has 1 atom stereocenters. The van der Waals surface area contributed by atoms with Crippen molar-refractivity contribution in [3.8, 4) is 0 Å². The van der Waals surface area contributed by atoms with E-state index >= 15 is 0 Å². The minimum atomic E-state index is -0.812. The van der Waals surface area contributed by atoms with Crippen molar-refractivity contribution in [3.63, 3.8) is 0 Å². The molecule has 0 spiro atoms. The molecule has 1 fully saturated rings. The van der Waals surface area contributed by atoms with Gasteiger partial charge in [0.2, 0.25) is 5.91 Å². The molecule has 2 nitrogen and oxygen atoms in total. The van der Waals surface area contributed by atoms with E-state index in [4.69, 9.17) is 0 Å². The molecule has 3 heteroatoms. The first-order chi connectivity index (χ1) is 3.79. The topological polar surface area (TPSA) is 29.1 Å². The van der Waals surface area contributed by atoms with Crippen LogP contribution < -0.4 is 5.32 Å². The molecule has 8 heavy (non-hydrogen) atoms. The number of amides is 1. The lowest BCUT2D eigenvalue weighted by Crippen LogP contribution is -2.35. The van der Waals surface area contributed by atoms with Crippen molar-refractivity contribution < 1.29 is 9.18 Å². The first kappa shape index (κ1) is 5.54. The smallest absolute Gasteiger partial charge is 0.220 e. The average molecular weight is 117 g/mol. The predicted molar refractivity (Wildman–Crippen MR) is 27.1 cm³/mol. The number of nitrogens with one attached hydrogen (secondary N) is 1. The summed E-state index contributed by atoms with van der Waals surface area (Å²) in [5.41, 5.74) is 0. The Balaban J connectivity index is 2.29. The van der Waals surface area contributed by atoms with E-state index in [0.717, 1.165) is 0 Å². The van der Waals surface area contributed by atoms with Crippen LogP contribution in [0.1, 0.15) is 12.8 Å². The molecule has 0 unspecified atom stereocenters. The third kappa shape index (κ3) is 1.18. The fraction of sp³-hybridized carbons (Fsp3) is 0.800. The van der Waals surface area contributed by atoms with Crippen LogP contribution in [0.3, 0.4) is 0 Å². The number of carbonyl (C=O) groups excluding carboxylic acids is 1. The molecule has 0 saturated carbocycles. The van der Waals surface area contributed by atoms with Gasteiger partial charge < -0.3 is 5.32 Å². The first-order valence-corrected chi connectivity index (χ1v) is 2.70. The summed E-state index contributed by atoms with van der Waals surface area (Å²) in [6.07, 6.45) is -0.0693. The summed E-state index contributed by atoms with van der Waals surface area (Å²) in [7, 11) is 0. The monoisotopic (exact) mass is 117 g/mol. The predicted octanol–water partition coefficient (Wildman–Crippen LogP) is 0.234. The Bertz CT molecular complexity index is 94.6. The van der Waals surface area contributed by atoms with Gasteiger partial charge >= 0.3 is 0 Å². The maximum Gasteiger partial charge on any atom is 0.220 e. The minimum absolute atomic E-state index is 0.0288. The van der Waals surface area contributed by atoms with Crippen LogP contribution in [0.25, 0.3) is 0 Å². The first-order valence-electron chi connectivity index (χ1n) is 2.70. The van der Waals surface area contributed by atoms with Gasteiger partial charge in [0.05, 0.1) is 0 Å². The van der Waals surface area contributed by atoms with E-state index in [1.165, 1.54) is 0 Å². The fourth-order valence-electron chi connectivity index (χ4n) is 0.703. The SMILES string of the molecule is O=C1CC[C@@H](F)CN1. The highest BCUT2D eigenvalue weighted by Crippen LogP contribution is 2.04. The number of hydrogen-bond donors (Lipinski definition) is 1. The molecule has 1 aliphatic rings. The van der Waals surface area contributed by atoms with Crippen LogP contribution in [0.4, 0.5) is 4.39 Å². The van der Waals surface area contributed by atoms with Gasteiger partial charge in [-0.15, -0.1) is 0 Å². The Labute approximate surface area is 47.1 Å². The van der Waals surface area contributed by atoms with Gasteiger partial charge in [0, 0.05) is 13.0 Å². The second-order valence-corrected chi connectivity index (χ2v) is 1.94. The van der Waals surface area contributed by atoms with Crippen LogP contribution in [-0.4, -0.2) is 18.6 Å². The summed E-state index contributed by atoms with van der Waals surface area (Å²) < 4.78 is 12.1. The molecule has 0 aliphatic carbocycles. The van der Waals surface area contributed by atoms with E-state index in [-0.39, 0.29) is 12.5 Å². The van der Waals surface area contributed by atoms with E-state index in [2.05, 4.69) is 5.32 Å². The highest BCUT2D eigenvalue weighted by atomic mass is 19.1. The second-order valence-electron chi connectivity index (χ2n) is 1.94. The van der Waals surface area contributed by atoms with Crippen molar-refractivity contribution in [2.45, 2.75) is 19.0 Å². The summed E-state index contributed by atoms with van der Waals surface area (Å²) in [4.78, 5) is 10.3. The van der Waals surface area contributed by atoms with Gasteiger partial charge in [0.25, 0.3) is 0 Å². The number of halogens is 1. The molecule has 1 rings (SSSR count). The number of piperidine rings is 1. The van der Waals surface area contributed by atoms with E-state index < -0.39 is 6.17 Å². The van der Waals surface area contributed by atoms with Gasteiger partial charge in [0.1, 0.15) is 6.17 Å². The lowest BCUT2D eigenvalue weighted by atomic mass is 10.1. The van der Waals surface area contributed by atoms with Crippen LogP contribution in [0.2, 0.25) is 0 Å². The van der Waals surface area contributed by atoms with Gasteiger partial charge in [-0.1, -0.05) is 0 Å². The molecule has 0 aromatic carbocycles. The lowest BCUT2D eigenvalue weighted by Gasteiger charge is -2.14. The van der Waals surface area contributed by atoms with E-state index in [9.17, 15) is 9.18 Å². The van der Waals surface area contributed by atoms with Crippen molar-refractivity contribution in [1.29, 1.82) is 0 Å². The van der Waals surface area contributed by atoms with Crippen molar-refractivity contribution in [2.75, 3.05) is 6.54 Å². The minimum Gasteiger partial charge on any atom is -0.353 e. The summed E-state index contributed by atoms with van der Waals surface area (Å²) >= 11 is 0. The van der Waals surface area contributed by atoms with Crippen LogP contribution in [-0.2, 0) is 4.79 Å². The number of hydrogen-bond acceptors (Lipinski definition) is 1. The van der Waals surface area contributed by atoms with Crippen molar-refractivity contribution in [1.82, 2.24) is 5.32 Å². The Morgan fingerprint density at radius 3 is 2.88 bits per heavy atom. The Kier molecular flexibility index (Phi) is 1.46. The quantitative estimate of drug-likeness (QED) is 0.483. The highest BCUT2D eigenvalue weighted by Gasteiger charge is 2.15. The van der Waals surface area contributed by atoms with Gasteiger partial charge in [-0.25, -0.2) is 4.39 Å². The molecular weight excluding hydrogens is 109 g/mol. The molecule has 1 saturated heterocycles. The third-order valence-corrected chi connectivity index (χ3v) is 1.21. The van der Waals surface area contributed by atoms with Crippen molar-refractivity contribution in [3.05, 3.63) is 0 Å². The number of alkyl halides is 1. The number of carbonyl (C=O) groups is 1. The van der Waals surface area contributed by atoms with E-state index in [0.29, 0.717) is 12.8 Å². The zero-order valence-electron chi connectivity index (χ0n) is 4.48.